The first-order chi connectivity index (χ1) is 10.2. The fraction of sp³-hybridized carbons (Fsp3) is 0.125. The third-order valence-corrected chi connectivity index (χ3v) is 4.65. The number of para-hydroxylation sites is 2. The van der Waals surface area contributed by atoms with Crippen LogP contribution in [0, 0.1) is 0 Å². The summed E-state index contributed by atoms with van der Waals surface area (Å²) in [6.07, 6.45) is -0.118. The summed E-state index contributed by atoms with van der Waals surface area (Å²) in [6, 6.07) is 15.5. The van der Waals surface area contributed by atoms with Crippen molar-refractivity contribution >= 4 is 38.3 Å². The van der Waals surface area contributed by atoms with Crippen LogP contribution in [0.5, 0.6) is 0 Å². The van der Waals surface area contributed by atoms with Crippen molar-refractivity contribution in [2.24, 2.45) is 0 Å². The lowest BCUT2D eigenvalue weighted by Crippen LogP contribution is -2.47. The Kier molecular flexibility index (Phi) is 2.68. The van der Waals surface area contributed by atoms with Gasteiger partial charge < -0.3 is 5.32 Å². The van der Waals surface area contributed by atoms with Gasteiger partial charge in [-0.3, -0.25) is 9.69 Å². The molecular weight excluding hydrogens is 282 g/mol. The lowest BCUT2D eigenvalue weighted by atomic mass is 10.1. The Bertz CT molecular complexity index is 809. The van der Waals surface area contributed by atoms with Crippen LogP contribution in [-0.2, 0) is 0 Å². The predicted molar refractivity (Wildman–Crippen MR) is 86.0 cm³/mol. The molecule has 2 heterocycles. The lowest BCUT2D eigenvalue weighted by Gasteiger charge is -2.33. The number of carbonyl (C=O) groups excluding carboxylic acids is 1. The van der Waals surface area contributed by atoms with Crippen LogP contribution in [-0.4, -0.2) is 17.1 Å². The number of rotatable bonds is 1. The number of amides is 1. The molecule has 1 aliphatic heterocycles. The van der Waals surface area contributed by atoms with Gasteiger partial charge in [-0.1, -0.05) is 35.6 Å². The Morgan fingerprint density at radius 3 is 2.76 bits per heavy atom. The molecule has 0 bridgehead atoms. The minimum Gasteiger partial charge on any atom is -0.364 e. The highest BCUT2D eigenvalue weighted by Gasteiger charge is 2.32. The van der Waals surface area contributed by atoms with Crippen molar-refractivity contribution in [1.82, 2.24) is 4.98 Å². The smallest absolute Gasteiger partial charge is 0.263 e. The normalized spacial score (nSPS) is 17.7. The first kappa shape index (κ1) is 12.3. The Labute approximate surface area is 126 Å². The van der Waals surface area contributed by atoms with Gasteiger partial charge >= 0.3 is 0 Å². The van der Waals surface area contributed by atoms with Gasteiger partial charge in [0.05, 0.1) is 15.8 Å². The van der Waals surface area contributed by atoms with E-state index in [2.05, 4.69) is 10.3 Å². The van der Waals surface area contributed by atoms with Crippen molar-refractivity contribution in [2.75, 3.05) is 10.2 Å². The van der Waals surface area contributed by atoms with E-state index in [4.69, 9.17) is 0 Å². The molecule has 1 unspecified atom stereocenters. The van der Waals surface area contributed by atoms with Gasteiger partial charge in [0.2, 0.25) is 0 Å². The van der Waals surface area contributed by atoms with Gasteiger partial charge in [0.25, 0.3) is 5.91 Å². The zero-order valence-corrected chi connectivity index (χ0v) is 12.2. The number of anilines is 2. The quantitative estimate of drug-likeness (QED) is 0.744. The molecular formula is C16H13N3OS. The van der Waals surface area contributed by atoms with Crippen molar-refractivity contribution in [3.05, 3.63) is 54.1 Å². The van der Waals surface area contributed by atoms with Crippen molar-refractivity contribution in [3.8, 4) is 0 Å². The summed E-state index contributed by atoms with van der Waals surface area (Å²) in [5.74, 6) is -0.00379. The molecule has 21 heavy (non-hydrogen) atoms. The molecule has 0 radical (unpaired) electrons. The average Bonchev–Trinajstić information content (AvgIpc) is 2.90. The second kappa shape index (κ2) is 4.56. The Hall–Kier alpha value is -2.40. The summed E-state index contributed by atoms with van der Waals surface area (Å²) in [5.41, 5.74) is 2.50. The molecule has 0 fully saturated rings. The van der Waals surface area contributed by atoms with Gasteiger partial charge in [0.15, 0.2) is 5.13 Å². The van der Waals surface area contributed by atoms with Crippen molar-refractivity contribution in [1.29, 1.82) is 0 Å². The molecule has 1 aromatic heterocycles. The highest BCUT2D eigenvalue weighted by atomic mass is 32.1. The number of benzene rings is 2. The van der Waals surface area contributed by atoms with E-state index in [1.54, 1.807) is 4.90 Å². The van der Waals surface area contributed by atoms with Crippen molar-refractivity contribution < 1.29 is 4.79 Å². The highest BCUT2D eigenvalue weighted by molar-refractivity contribution is 7.22. The standard InChI is InChI=1S/C16H13N3OS/c1-10-17-12-7-3-2-6-11(12)15(20)19(10)16-18-13-8-4-5-9-14(13)21-16/h2-10,17H,1H3. The molecule has 5 heteroatoms. The average molecular weight is 295 g/mol. The maximum absolute atomic E-state index is 12.8. The molecule has 1 amide bonds. The zero-order chi connectivity index (χ0) is 14.4. The van der Waals surface area contributed by atoms with Crippen molar-refractivity contribution in [2.45, 2.75) is 13.1 Å². The monoisotopic (exact) mass is 295 g/mol. The molecule has 0 saturated heterocycles. The van der Waals surface area contributed by atoms with Gasteiger partial charge in [-0.25, -0.2) is 4.98 Å². The number of hydrogen-bond donors (Lipinski definition) is 1. The molecule has 0 aliphatic carbocycles. The van der Waals surface area contributed by atoms with Crippen molar-refractivity contribution in [3.63, 3.8) is 0 Å². The fourth-order valence-electron chi connectivity index (χ4n) is 2.61. The maximum atomic E-state index is 12.8. The van der Waals surface area contributed by atoms with Gasteiger partial charge in [-0.15, -0.1) is 0 Å². The Morgan fingerprint density at radius 1 is 1.14 bits per heavy atom. The van der Waals surface area contributed by atoms with Gasteiger partial charge in [-0.2, -0.15) is 0 Å². The van der Waals surface area contributed by atoms with Gasteiger partial charge in [0.1, 0.15) is 6.17 Å². The summed E-state index contributed by atoms with van der Waals surface area (Å²) in [6.45, 7) is 1.97. The topological polar surface area (TPSA) is 45.2 Å². The highest BCUT2D eigenvalue weighted by Crippen LogP contribution is 2.34. The lowest BCUT2D eigenvalue weighted by molar-refractivity contribution is 0.0977. The molecule has 2 aromatic carbocycles. The molecule has 1 N–H and O–H groups in total. The number of carbonyl (C=O) groups is 1. The number of fused-ring (bicyclic) bond motifs is 2. The van der Waals surface area contributed by atoms with Crippen LogP contribution in [0.1, 0.15) is 17.3 Å². The predicted octanol–water partition coefficient (Wildman–Crippen LogP) is 3.71. The van der Waals surface area contributed by atoms with E-state index in [0.29, 0.717) is 5.56 Å². The van der Waals surface area contributed by atoms with Crippen LogP contribution in [0.15, 0.2) is 48.5 Å². The maximum Gasteiger partial charge on any atom is 0.263 e. The van der Waals surface area contributed by atoms with Crippen LogP contribution in [0.3, 0.4) is 0 Å². The second-order valence-corrected chi connectivity index (χ2v) is 6.01. The number of aromatic nitrogens is 1. The molecule has 4 nitrogen and oxygen atoms in total. The summed E-state index contributed by atoms with van der Waals surface area (Å²) in [5, 5.41) is 4.09. The van der Waals surface area contributed by atoms with E-state index in [0.717, 1.165) is 21.0 Å². The Morgan fingerprint density at radius 2 is 1.90 bits per heavy atom. The van der Waals surface area contributed by atoms with Crippen LogP contribution >= 0.6 is 11.3 Å². The van der Waals surface area contributed by atoms with E-state index in [1.165, 1.54) is 11.3 Å². The first-order valence-electron chi connectivity index (χ1n) is 6.79. The number of hydrogen-bond acceptors (Lipinski definition) is 4. The zero-order valence-electron chi connectivity index (χ0n) is 11.4. The largest absolute Gasteiger partial charge is 0.364 e. The van der Waals surface area contributed by atoms with E-state index in [-0.39, 0.29) is 12.1 Å². The second-order valence-electron chi connectivity index (χ2n) is 5.01. The van der Waals surface area contributed by atoms with E-state index < -0.39 is 0 Å². The molecule has 0 saturated carbocycles. The van der Waals surface area contributed by atoms with E-state index in [1.807, 2.05) is 55.5 Å². The third kappa shape index (κ3) is 1.89. The fourth-order valence-corrected chi connectivity index (χ4v) is 3.65. The number of nitrogens with zero attached hydrogens (tertiary/aromatic N) is 2. The number of thiazole rings is 1. The summed E-state index contributed by atoms with van der Waals surface area (Å²) >= 11 is 1.54. The molecule has 4 rings (SSSR count). The van der Waals surface area contributed by atoms with Crippen LogP contribution in [0.2, 0.25) is 0 Å². The van der Waals surface area contributed by atoms with E-state index >= 15 is 0 Å². The molecule has 1 atom stereocenters. The van der Waals surface area contributed by atoms with Gasteiger partial charge in [-0.05, 0) is 31.2 Å². The SMILES string of the molecule is CC1Nc2ccccc2C(=O)N1c1nc2ccccc2s1. The van der Waals surface area contributed by atoms with Gasteiger partial charge in [0, 0.05) is 5.69 Å². The molecule has 104 valence electrons. The molecule has 0 spiro atoms. The molecule has 3 aromatic rings. The summed E-state index contributed by atoms with van der Waals surface area (Å²) in [7, 11) is 0. The third-order valence-electron chi connectivity index (χ3n) is 3.62. The summed E-state index contributed by atoms with van der Waals surface area (Å²) in [4.78, 5) is 19.1. The van der Waals surface area contributed by atoms with Crippen LogP contribution < -0.4 is 10.2 Å². The minimum atomic E-state index is -0.118. The first-order valence-corrected chi connectivity index (χ1v) is 7.60. The molecule has 1 aliphatic rings. The van der Waals surface area contributed by atoms with E-state index in [9.17, 15) is 4.79 Å². The minimum absolute atomic E-state index is 0.00379. The Balaban J connectivity index is 1.83. The van der Waals surface area contributed by atoms with Crippen LogP contribution in [0.25, 0.3) is 10.2 Å². The van der Waals surface area contributed by atoms with Crippen LogP contribution in [0.4, 0.5) is 10.8 Å². The summed E-state index contributed by atoms with van der Waals surface area (Å²) < 4.78 is 1.09. The number of nitrogens with one attached hydrogen (secondary N) is 1.